The molecule has 0 saturated heterocycles. The molecule has 6 heteroatoms. The SMILES string of the molecule is Cc1nc2cc(F)ccc2cc1C(=O)Nc1cnc(-c2ccccc2)nc1. The maximum atomic E-state index is 13.3. The Morgan fingerprint density at radius 3 is 2.48 bits per heavy atom. The van der Waals surface area contributed by atoms with Crippen LogP contribution in [0.1, 0.15) is 16.1 Å². The molecule has 2 heterocycles. The highest BCUT2D eigenvalue weighted by Gasteiger charge is 2.13. The fourth-order valence-electron chi connectivity index (χ4n) is 2.79. The Labute approximate surface area is 154 Å². The second kappa shape index (κ2) is 6.92. The minimum Gasteiger partial charge on any atom is -0.319 e. The van der Waals surface area contributed by atoms with Crippen LogP contribution >= 0.6 is 0 Å². The molecule has 4 rings (SSSR count). The molecule has 0 aliphatic carbocycles. The van der Waals surface area contributed by atoms with Gasteiger partial charge in [-0.25, -0.2) is 14.4 Å². The smallest absolute Gasteiger partial charge is 0.257 e. The largest absolute Gasteiger partial charge is 0.319 e. The first-order valence-corrected chi connectivity index (χ1v) is 8.36. The number of hydrogen-bond acceptors (Lipinski definition) is 4. The summed E-state index contributed by atoms with van der Waals surface area (Å²) in [5.74, 6) is -0.0938. The minimum absolute atomic E-state index is 0.317. The van der Waals surface area contributed by atoms with Gasteiger partial charge in [-0.2, -0.15) is 0 Å². The maximum Gasteiger partial charge on any atom is 0.257 e. The summed E-state index contributed by atoms with van der Waals surface area (Å²) in [7, 11) is 0. The fourth-order valence-corrected chi connectivity index (χ4v) is 2.79. The molecule has 0 atom stereocenters. The molecule has 5 nitrogen and oxygen atoms in total. The van der Waals surface area contributed by atoms with E-state index in [-0.39, 0.29) is 11.7 Å². The van der Waals surface area contributed by atoms with E-state index in [1.165, 1.54) is 12.1 Å². The molecule has 0 spiro atoms. The van der Waals surface area contributed by atoms with E-state index in [0.717, 1.165) is 5.56 Å². The minimum atomic E-state index is -0.359. The van der Waals surface area contributed by atoms with Gasteiger partial charge in [0.2, 0.25) is 0 Å². The van der Waals surface area contributed by atoms with Crippen molar-refractivity contribution in [3.63, 3.8) is 0 Å². The van der Waals surface area contributed by atoms with Gasteiger partial charge in [-0.15, -0.1) is 0 Å². The number of rotatable bonds is 3. The Morgan fingerprint density at radius 1 is 1.00 bits per heavy atom. The van der Waals surface area contributed by atoms with Crippen LogP contribution in [0.2, 0.25) is 0 Å². The molecule has 2 aromatic heterocycles. The van der Waals surface area contributed by atoms with Gasteiger partial charge in [0.25, 0.3) is 5.91 Å². The normalized spacial score (nSPS) is 10.7. The number of amides is 1. The summed E-state index contributed by atoms with van der Waals surface area (Å²) >= 11 is 0. The lowest BCUT2D eigenvalue weighted by atomic mass is 10.1. The summed E-state index contributed by atoms with van der Waals surface area (Å²) in [5.41, 5.74) is 2.84. The van der Waals surface area contributed by atoms with Crippen LogP contribution in [0, 0.1) is 12.7 Å². The van der Waals surface area contributed by atoms with Gasteiger partial charge in [-0.1, -0.05) is 30.3 Å². The molecule has 0 aliphatic rings. The number of pyridine rings is 1. The lowest BCUT2D eigenvalue weighted by molar-refractivity contribution is 0.102. The molecule has 1 amide bonds. The van der Waals surface area contributed by atoms with Crippen LogP contribution in [0.4, 0.5) is 10.1 Å². The molecule has 0 radical (unpaired) electrons. The third-order valence-electron chi connectivity index (χ3n) is 4.16. The quantitative estimate of drug-likeness (QED) is 0.590. The topological polar surface area (TPSA) is 67.8 Å². The van der Waals surface area contributed by atoms with Crippen molar-refractivity contribution in [2.45, 2.75) is 6.92 Å². The van der Waals surface area contributed by atoms with E-state index < -0.39 is 0 Å². The molecule has 0 fully saturated rings. The summed E-state index contributed by atoms with van der Waals surface area (Å²) < 4.78 is 13.3. The van der Waals surface area contributed by atoms with E-state index in [4.69, 9.17) is 0 Å². The Balaban J connectivity index is 1.58. The number of carbonyl (C=O) groups excluding carboxylic acids is 1. The highest BCUT2D eigenvalue weighted by atomic mass is 19.1. The monoisotopic (exact) mass is 358 g/mol. The van der Waals surface area contributed by atoms with Crippen molar-refractivity contribution < 1.29 is 9.18 Å². The number of fused-ring (bicyclic) bond motifs is 1. The zero-order chi connectivity index (χ0) is 18.8. The predicted octanol–water partition coefficient (Wildman–Crippen LogP) is 4.39. The first-order chi connectivity index (χ1) is 13.1. The molecule has 1 N–H and O–H groups in total. The van der Waals surface area contributed by atoms with Gasteiger partial charge in [0.05, 0.1) is 34.9 Å². The summed E-state index contributed by atoms with van der Waals surface area (Å²) in [4.78, 5) is 25.5. The van der Waals surface area contributed by atoms with Gasteiger partial charge in [0.15, 0.2) is 5.82 Å². The van der Waals surface area contributed by atoms with Crippen molar-refractivity contribution in [3.8, 4) is 11.4 Å². The number of aryl methyl sites for hydroxylation is 1. The van der Waals surface area contributed by atoms with Crippen LogP contribution in [-0.2, 0) is 0 Å². The number of hydrogen-bond donors (Lipinski definition) is 1. The van der Waals surface area contributed by atoms with E-state index in [0.29, 0.717) is 33.7 Å². The molecule has 2 aromatic carbocycles. The maximum absolute atomic E-state index is 13.3. The van der Waals surface area contributed by atoms with Crippen molar-refractivity contribution in [1.82, 2.24) is 15.0 Å². The second-order valence-electron chi connectivity index (χ2n) is 6.07. The standard InChI is InChI=1S/C21H15FN4O/c1-13-18(9-15-7-8-16(22)10-19(15)25-13)21(27)26-17-11-23-20(24-12-17)14-5-3-2-4-6-14/h2-12H,1H3,(H,26,27). The molecule has 0 aliphatic heterocycles. The molecule has 0 bridgehead atoms. The lowest BCUT2D eigenvalue weighted by Gasteiger charge is -2.09. The fraction of sp³-hybridized carbons (Fsp3) is 0.0476. The zero-order valence-corrected chi connectivity index (χ0v) is 14.5. The van der Waals surface area contributed by atoms with Crippen LogP contribution in [-0.4, -0.2) is 20.9 Å². The third kappa shape index (κ3) is 3.50. The molecule has 4 aromatic rings. The van der Waals surface area contributed by atoms with Gasteiger partial charge < -0.3 is 5.32 Å². The molecular formula is C21H15FN4O. The van der Waals surface area contributed by atoms with E-state index in [1.54, 1.807) is 31.5 Å². The Morgan fingerprint density at radius 2 is 1.74 bits per heavy atom. The van der Waals surface area contributed by atoms with Crippen molar-refractivity contribution in [3.05, 3.63) is 84.1 Å². The van der Waals surface area contributed by atoms with Crippen molar-refractivity contribution in [1.29, 1.82) is 0 Å². The number of carbonyl (C=O) groups is 1. The van der Waals surface area contributed by atoms with E-state index in [2.05, 4.69) is 20.3 Å². The molecular weight excluding hydrogens is 343 g/mol. The average molecular weight is 358 g/mol. The molecule has 132 valence electrons. The third-order valence-corrected chi connectivity index (χ3v) is 4.16. The number of nitrogens with zero attached hydrogens (tertiary/aromatic N) is 3. The van der Waals surface area contributed by atoms with Crippen LogP contribution in [0.5, 0.6) is 0 Å². The Hall–Kier alpha value is -3.67. The van der Waals surface area contributed by atoms with Crippen LogP contribution < -0.4 is 5.32 Å². The van der Waals surface area contributed by atoms with E-state index in [9.17, 15) is 9.18 Å². The summed E-state index contributed by atoms with van der Waals surface area (Å²) in [6, 6.07) is 15.6. The highest BCUT2D eigenvalue weighted by molar-refractivity contribution is 6.06. The van der Waals surface area contributed by atoms with Gasteiger partial charge in [0.1, 0.15) is 5.82 Å². The Kier molecular flexibility index (Phi) is 4.30. The summed E-state index contributed by atoms with van der Waals surface area (Å²) in [6.07, 6.45) is 3.12. The first kappa shape index (κ1) is 16.8. The molecule has 0 unspecified atom stereocenters. The van der Waals surface area contributed by atoms with Crippen molar-refractivity contribution in [2.24, 2.45) is 0 Å². The van der Waals surface area contributed by atoms with Crippen molar-refractivity contribution >= 4 is 22.5 Å². The van der Waals surface area contributed by atoms with Gasteiger partial charge in [0, 0.05) is 17.0 Å². The second-order valence-corrected chi connectivity index (χ2v) is 6.07. The van der Waals surface area contributed by atoms with Gasteiger partial charge in [-0.3, -0.25) is 9.78 Å². The molecule has 27 heavy (non-hydrogen) atoms. The first-order valence-electron chi connectivity index (χ1n) is 8.36. The number of benzene rings is 2. The van der Waals surface area contributed by atoms with Gasteiger partial charge >= 0.3 is 0 Å². The van der Waals surface area contributed by atoms with Crippen molar-refractivity contribution in [2.75, 3.05) is 5.32 Å². The average Bonchev–Trinajstić information content (AvgIpc) is 2.68. The van der Waals surface area contributed by atoms with E-state index in [1.807, 2.05) is 30.3 Å². The summed E-state index contributed by atoms with van der Waals surface area (Å²) in [6.45, 7) is 1.72. The van der Waals surface area contributed by atoms with Crippen LogP contribution in [0.25, 0.3) is 22.3 Å². The lowest BCUT2D eigenvalue weighted by Crippen LogP contribution is -2.14. The number of anilines is 1. The van der Waals surface area contributed by atoms with Gasteiger partial charge in [-0.05, 0) is 25.1 Å². The Bertz CT molecular complexity index is 1130. The number of nitrogens with one attached hydrogen (secondary N) is 1. The summed E-state index contributed by atoms with van der Waals surface area (Å²) in [5, 5.41) is 3.47. The predicted molar refractivity (Wildman–Crippen MR) is 102 cm³/mol. The van der Waals surface area contributed by atoms with Crippen LogP contribution in [0.3, 0.4) is 0 Å². The number of aromatic nitrogens is 3. The van der Waals surface area contributed by atoms with Crippen LogP contribution in [0.15, 0.2) is 67.0 Å². The zero-order valence-electron chi connectivity index (χ0n) is 14.5. The highest BCUT2D eigenvalue weighted by Crippen LogP contribution is 2.19. The molecule has 0 saturated carbocycles. The number of halogens is 1. The van der Waals surface area contributed by atoms with E-state index >= 15 is 0 Å².